The summed E-state index contributed by atoms with van der Waals surface area (Å²) in [6, 6.07) is 12.8. The molecular weight excluding hydrogens is 468 g/mol. The third-order valence-electron chi connectivity index (χ3n) is 7.32. The van der Waals surface area contributed by atoms with Gasteiger partial charge in [-0.05, 0) is 68.9 Å². The Bertz CT molecular complexity index is 1400. The minimum atomic E-state index is -0.522. The standard InChI is InChI=1S/C29H36N4O4/c1-20-11-10-15-24(21(20)2)31-27(35)19-33-25-16-7-6-14-23(25)28(36)32(29(33)37)18-9-8-17-26(34)30-22-12-4-3-5-13-22/h6-7,10-11,14-16,22H,3-5,8-9,12-13,17-19H2,1-2H3,(H,30,34)(H,31,35). The van der Waals surface area contributed by atoms with E-state index in [0.29, 0.717) is 35.9 Å². The van der Waals surface area contributed by atoms with Crippen LogP contribution in [0.25, 0.3) is 10.9 Å². The monoisotopic (exact) mass is 504 g/mol. The van der Waals surface area contributed by atoms with Crippen molar-refractivity contribution in [1.29, 1.82) is 0 Å². The topological polar surface area (TPSA) is 102 Å². The molecule has 3 aromatic rings. The Hall–Kier alpha value is -3.68. The molecular formula is C29H36N4O4. The number of nitrogens with zero attached hydrogens (tertiary/aromatic N) is 2. The molecule has 0 spiro atoms. The second-order valence-electron chi connectivity index (χ2n) is 10.00. The number of para-hydroxylation sites is 1. The van der Waals surface area contributed by atoms with Gasteiger partial charge in [-0.1, -0.05) is 43.5 Å². The summed E-state index contributed by atoms with van der Waals surface area (Å²) in [6.07, 6.45) is 7.08. The number of nitrogens with one attached hydrogen (secondary N) is 2. The molecule has 196 valence electrons. The molecule has 37 heavy (non-hydrogen) atoms. The Morgan fingerprint density at radius 1 is 0.892 bits per heavy atom. The van der Waals surface area contributed by atoms with Crippen molar-refractivity contribution in [1.82, 2.24) is 14.5 Å². The average Bonchev–Trinajstić information content (AvgIpc) is 2.89. The molecule has 0 bridgehead atoms. The lowest BCUT2D eigenvalue weighted by Crippen LogP contribution is -2.42. The van der Waals surface area contributed by atoms with Gasteiger partial charge >= 0.3 is 5.69 Å². The summed E-state index contributed by atoms with van der Waals surface area (Å²) >= 11 is 0. The lowest BCUT2D eigenvalue weighted by atomic mass is 9.95. The largest absolute Gasteiger partial charge is 0.353 e. The predicted octanol–water partition coefficient (Wildman–Crippen LogP) is 4.04. The van der Waals surface area contributed by atoms with Crippen molar-refractivity contribution < 1.29 is 9.59 Å². The number of fused-ring (bicyclic) bond motifs is 1. The summed E-state index contributed by atoms with van der Waals surface area (Å²) < 4.78 is 2.54. The number of anilines is 1. The number of unbranched alkanes of at least 4 members (excludes halogenated alkanes) is 1. The van der Waals surface area contributed by atoms with Crippen LogP contribution >= 0.6 is 0 Å². The minimum absolute atomic E-state index is 0.0262. The third-order valence-corrected chi connectivity index (χ3v) is 7.32. The zero-order valence-corrected chi connectivity index (χ0v) is 21.7. The molecule has 0 saturated heterocycles. The Morgan fingerprint density at radius 2 is 1.65 bits per heavy atom. The molecule has 1 aliphatic rings. The van der Waals surface area contributed by atoms with Crippen LogP contribution in [0.5, 0.6) is 0 Å². The highest BCUT2D eigenvalue weighted by Crippen LogP contribution is 2.19. The van der Waals surface area contributed by atoms with Crippen LogP contribution in [0, 0.1) is 13.8 Å². The first-order chi connectivity index (χ1) is 17.8. The highest BCUT2D eigenvalue weighted by atomic mass is 16.2. The van der Waals surface area contributed by atoms with E-state index in [2.05, 4.69) is 10.6 Å². The summed E-state index contributed by atoms with van der Waals surface area (Å²) in [5.74, 6) is -0.316. The predicted molar refractivity (Wildman–Crippen MR) is 146 cm³/mol. The second-order valence-corrected chi connectivity index (χ2v) is 10.00. The van der Waals surface area contributed by atoms with Gasteiger partial charge in [-0.3, -0.25) is 23.5 Å². The van der Waals surface area contributed by atoms with Crippen LogP contribution in [0.2, 0.25) is 0 Å². The maximum Gasteiger partial charge on any atom is 0.331 e. The zero-order chi connectivity index (χ0) is 26.4. The Morgan fingerprint density at radius 3 is 2.43 bits per heavy atom. The van der Waals surface area contributed by atoms with Crippen LogP contribution in [-0.4, -0.2) is 27.0 Å². The summed E-state index contributed by atoms with van der Waals surface area (Å²) in [4.78, 5) is 51.7. The van der Waals surface area contributed by atoms with Crippen molar-refractivity contribution in [3.05, 3.63) is 74.4 Å². The van der Waals surface area contributed by atoms with Gasteiger partial charge in [0, 0.05) is 24.7 Å². The van der Waals surface area contributed by atoms with E-state index in [1.807, 2.05) is 32.0 Å². The van der Waals surface area contributed by atoms with Crippen LogP contribution in [0.3, 0.4) is 0 Å². The maximum absolute atomic E-state index is 13.4. The van der Waals surface area contributed by atoms with Gasteiger partial charge in [-0.2, -0.15) is 0 Å². The van der Waals surface area contributed by atoms with Gasteiger partial charge in [-0.15, -0.1) is 0 Å². The number of aromatic nitrogens is 2. The Kier molecular flexibility index (Phi) is 8.58. The number of carbonyl (C=O) groups is 2. The fourth-order valence-electron chi connectivity index (χ4n) is 5.04. The van der Waals surface area contributed by atoms with Gasteiger partial charge in [0.1, 0.15) is 6.54 Å². The summed E-state index contributed by atoms with van der Waals surface area (Å²) in [5.41, 5.74) is 2.25. The van der Waals surface area contributed by atoms with E-state index >= 15 is 0 Å². The van der Waals surface area contributed by atoms with Crippen LogP contribution in [0.1, 0.15) is 62.5 Å². The number of aryl methyl sites for hydroxylation is 1. The molecule has 2 amide bonds. The van der Waals surface area contributed by atoms with E-state index in [0.717, 1.165) is 36.8 Å². The van der Waals surface area contributed by atoms with Gasteiger partial charge < -0.3 is 10.6 Å². The molecule has 0 unspecified atom stereocenters. The third kappa shape index (κ3) is 6.37. The normalized spacial score (nSPS) is 14.0. The lowest BCUT2D eigenvalue weighted by molar-refractivity contribution is -0.122. The van der Waals surface area contributed by atoms with Crippen molar-refractivity contribution >= 4 is 28.4 Å². The Labute approximate surface area is 216 Å². The molecule has 1 saturated carbocycles. The van der Waals surface area contributed by atoms with Crippen molar-refractivity contribution in [2.24, 2.45) is 0 Å². The highest BCUT2D eigenvalue weighted by molar-refractivity contribution is 5.92. The minimum Gasteiger partial charge on any atom is -0.353 e. The molecule has 2 aromatic carbocycles. The van der Waals surface area contributed by atoms with Crippen LogP contribution in [0.4, 0.5) is 5.69 Å². The van der Waals surface area contributed by atoms with Crippen molar-refractivity contribution in [2.75, 3.05) is 5.32 Å². The van der Waals surface area contributed by atoms with Crippen molar-refractivity contribution in [3.63, 3.8) is 0 Å². The number of benzene rings is 2. The molecule has 4 rings (SSSR count). The summed E-state index contributed by atoms with van der Waals surface area (Å²) in [6.45, 7) is 3.88. The molecule has 0 atom stereocenters. The molecule has 2 N–H and O–H groups in total. The van der Waals surface area contributed by atoms with E-state index in [1.54, 1.807) is 24.3 Å². The van der Waals surface area contributed by atoms with Crippen LogP contribution < -0.4 is 21.9 Å². The number of hydrogen-bond acceptors (Lipinski definition) is 4. The number of carbonyl (C=O) groups excluding carboxylic acids is 2. The smallest absolute Gasteiger partial charge is 0.331 e. The van der Waals surface area contributed by atoms with E-state index in [4.69, 9.17) is 0 Å². The van der Waals surface area contributed by atoms with E-state index in [1.165, 1.54) is 15.6 Å². The van der Waals surface area contributed by atoms with Gasteiger partial charge in [0.05, 0.1) is 10.9 Å². The fourth-order valence-corrected chi connectivity index (χ4v) is 5.04. The first-order valence-corrected chi connectivity index (χ1v) is 13.2. The summed E-state index contributed by atoms with van der Waals surface area (Å²) in [7, 11) is 0. The average molecular weight is 505 g/mol. The molecule has 0 aliphatic heterocycles. The molecule has 1 aliphatic carbocycles. The van der Waals surface area contributed by atoms with Gasteiger partial charge in [0.2, 0.25) is 11.8 Å². The fraction of sp³-hybridized carbons (Fsp3) is 0.448. The second kappa shape index (κ2) is 12.0. The first-order valence-electron chi connectivity index (χ1n) is 13.2. The van der Waals surface area contributed by atoms with Crippen LogP contribution in [0.15, 0.2) is 52.1 Å². The highest BCUT2D eigenvalue weighted by Gasteiger charge is 2.17. The Balaban J connectivity index is 1.47. The molecule has 1 aromatic heterocycles. The van der Waals surface area contributed by atoms with Crippen LogP contribution in [-0.2, 0) is 22.7 Å². The number of hydrogen-bond donors (Lipinski definition) is 2. The van der Waals surface area contributed by atoms with Gasteiger partial charge in [-0.25, -0.2) is 4.79 Å². The number of amides is 2. The van der Waals surface area contributed by atoms with E-state index < -0.39 is 5.69 Å². The molecule has 8 nitrogen and oxygen atoms in total. The molecule has 0 radical (unpaired) electrons. The number of rotatable bonds is 9. The quantitative estimate of drug-likeness (QED) is 0.430. The van der Waals surface area contributed by atoms with Crippen molar-refractivity contribution in [3.8, 4) is 0 Å². The molecule has 1 heterocycles. The summed E-state index contributed by atoms with van der Waals surface area (Å²) in [5, 5.41) is 6.38. The van der Waals surface area contributed by atoms with E-state index in [-0.39, 0.29) is 36.5 Å². The molecule has 8 heteroatoms. The lowest BCUT2D eigenvalue weighted by Gasteiger charge is -2.22. The maximum atomic E-state index is 13.4. The van der Waals surface area contributed by atoms with E-state index in [9.17, 15) is 19.2 Å². The SMILES string of the molecule is Cc1cccc(NC(=O)Cn2c(=O)n(CCCCC(=O)NC3CCCCC3)c(=O)c3ccccc32)c1C. The zero-order valence-electron chi connectivity index (χ0n) is 21.7. The first kappa shape index (κ1) is 26.4. The van der Waals surface area contributed by atoms with Gasteiger partial charge in [0.25, 0.3) is 5.56 Å². The van der Waals surface area contributed by atoms with Gasteiger partial charge in [0.15, 0.2) is 0 Å². The van der Waals surface area contributed by atoms with Crippen molar-refractivity contribution in [2.45, 2.75) is 84.3 Å². The molecule has 1 fully saturated rings.